The Labute approximate surface area is 184 Å². The minimum atomic E-state index is -0.290. The van der Waals surface area contributed by atoms with Gasteiger partial charge in [0.25, 0.3) is 5.91 Å². The van der Waals surface area contributed by atoms with Crippen LogP contribution >= 0.6 is 0 Å². The third-order valence-corrected chi connectivity index (χ3v) is 5.60. The van der Waals surface area contributed by atoms with E-state index in [0.29, 0.717) is 53.7 Å². The van der Waals surface area contributed by atoms with Crippen LogP contribution in [0.3, 0.4) is 0 Å². The minimum absolute atomic E-state index is 0.0465. The molecule has 1 saturated heterocycles. The van der Waals surface area contributed by atoms with E-state index in [1.165, 1.54) is 6.07 Å². The summed E-state index contributed by atoms with van der Waals surface area (Å²) in [7, 11) is 0. The molecule has 0 spiro atoms. The van der Waals surface area contributed by atoms with Gasteiger partial charge in [-0.1, -0.05) is 18.2 Å². The van der Waals surface area contributed by atoms with E-state index in [9.17, 15) is 9.18 Å². The predicted octanol–water partition coefficient (Wildman–Crippen LogP) is 3.70. The maximum Gasteiger partial charge on any atom is 0.254 e. The fraction of sp³-hybridized carbons (Fsp3) is 0.250. The summed E-state index contributed by atoms with van der Waals surface area (Å²) in [5.41, 5.74) is 2.25. The number of carbonyl (C=O) groups excluding carboxylic acids is 1. The summed E-state index contributed by atoms with van der Waals surface area (Å²) in [6, 6.07) is 13.6. The molecule has 0 aliphatic carbocycles. The molecule has 32 heavy (non-hydrogen) atoms. The van der Waals surface area contributed by atoms with Crippen LogP contribution in [0.5, 0.6) is 0 Å². The lowest BCUT2D eigenvalue weighted by atomic mass is 10.1. The Hall–Kier alpha value is -3.81. The molecule has 2 aromatic carbocycles. The molecule has 2 aromatic heterocycles. The summed E-state index contributed by atoms with van der Waals surface area (Å²) in [4.78, 5) is 30.2. The number of anilines is 1. The molecule has 1 amide bonds. The van der Waals surface area contributed by atoms with Gasteiger partial charge < -0.3 is 14.2 Å². The monoisotopic (exact) mass is 431 g/mol. The highest BCUT2D eigenvalue weighted by atomic mass is 19.1. The number of aromatic nitrogens is 3. The molecule has 0 atom stereocenters. The second-order valence-electron chi connectivity index (χ2n) is 7.74. The first-order valence-electron chi connectivity index (χ1n) is 10.6. The van der Waals surface area contributed by atoms with Gasteiger partial charge >= 0.3 is 0 Å². The molecule has 0 saturated carbocycles. The fourth-order valence-electron chi connectivity index (χ4n) is 3.94. The Morgan fingerprint density at radius 1 is 1.00 bits per heavy atom. The highest BCUT2D eigenvalue weighted by Crippen LogP contribution is 2.22. The van der Waals surface area contributed by atoms with E-state index in [1.807, 2.05) is 4.90 Å². The van der Waals surface area contributed by atoms with Crippen molar-refractivity contribution in [3.63, 3.8) is 0 Å². The number of carbonyl (C=O) groups is 1. The molecule has 7 nitrogen and oxygen atoms in total. The van der Waals surface area contributed by atoms with Crippen molar-refractivity contribution in [2.24, 2.45) is 0 Å². The number of rotatable bonds is 4. The quantitative estimate of drug-likeness (QED) is 0.491. The topological polar surface area (TPSA) is 75.4 Å². The van der Waals surface area contributed by atoms with Gasteiger partial charge in [0.2, 0.25) is 5.95 Å². The maximum absolute atomic E-state index is 13.9. The Kier molecular flexibility index (Phi) is 5.49. The molecule has 0 N–H and O–H groups in total. The van der Waals surface area contributed by atoms with E-state index in [2.05, 4.69) is 19.9 Å². The lowest BCUT2D eigenvalue weighted by molar-refractivity contribution is 0.0767. The molecule has 0 bridgehead atoms. The number of amides is 1. The van der Waals surface area contributed by atoms with Gasteiger partial charge in [0, 0.05) is 44.1 Å². The molecule has 8 heteroatoms. The second-order valence-corrected chi connectivity index (χ2v) is 7.74. The third kappa shape index (κ3) is 4.16. The number of nitrogens with zero attached hydrogens (tertiary/aromatic N) is 5. The maximum atomic E-state index is 13.9. The normalized spacial score (nSPS) is 14.5. The van der Waals surface area contributed by atoms with Gasteiger partial charge in [0.15, 0.2) is 11.5 Å². The summed E-state index contributed by atoms with van der Waals surface area (Å²) in [6.07, 6.45) is 4.54. The van der Waals surface area contributed by atoms with E-state index < -0.39 is 0 Å². The van der Waals surface area contributed by atoms with Crippen molar-refractivity contribution >= 4 is 23.0 Å². The molecule has 4 aromatic rings. The van der Waals surface area contributed by atoms with E-state index >= 15 is 0 Å². The summed E-state index contributed by atoms with van der Waals surface area (Å²) < 4.78 is 19.8. The smallest absolute Gasteiger partial charge is 0.254 e. The Morgan fingerprint density at radius 3 is 2.69 bits per heavy atom. The van der Waals surface area contributed by atoms with Crippen LogP contribution in [0.4, 0.5) is 10.3 Å². The number of fused-ring (bicyclic) bond motifs is 1. The largest absolute Gasteiger partial charge is 0.440 e. The average Bonchev–Trinajstić information content (AvgIpc) is 3.06. The van der Waals surface area contributed by atoms with Crippen molar-refractivity contribution in [3.05, 3.63) is 83.8 Å². The lowest BCUT2D eigenvalue weighted by Crippen LogP contribution is -2.35. The Balaban J connectivity index is 1.31. The fourth-order valence-corrected chi connectivity index (χ4v) is 3.94. The molecule has 5 rings (SSSR count). The van der Waals surface area contributed by atoms with Crippen molar-refractivity contribution in [1.29, 1.82) is 0 Å². The van der Waals surface area contributed by atoms with E-state index in [0.717, 1.165) is 13.0 Å². The SMILES string of the molecule is O=C(c1ccc2nc(Cc3ccccc3F)oc2c1)N1CCCN(c2ncccn2)CC1. The molecule has 3 heterocycles. The van der Waals surface area contributed by atoms with Gasteiger partial charge in [0.1, 0.15) is 11.3 Å². The summed E-state index contributed by atoms with van der Waals surface area (Å²) in [6.45, 7) is 2.72. The first-order chi connectivity index (χ1) is 15.7. The number of hydrogen-bond acceptors (Lipinski definition) is 6. The molecule has 0 radical (unpaired) electrons. The summed E-state index contributed by atoms with van der Waals surface area (Å²) >= 11 is 0. The van der Waals surface area contributed by atoms with Gasteiger partial charge in [-0.3, -0.25) is 4.79 Å². The first kappa shape index (κ1) is 20.1. The first-order valence-corrected chi connectivity index (χ1v) is 10.6. The number of oxazole rings is 1. The van der Waals surface area contributed by atoms with Gasteiger partial charge in [-0.2, -0.15) is 0 Å². The van der Waals surface area contributed by atoms with E-state index in [1.54, 1.807) is 54.9 Å². The molecule has 162 valence electrons. The Morgan fingerprint density at radius 2 is 1.84 bits per heavy atom. The molecule has 1 aliphatic heterocycles. The van der Waals surface area contributed by atoms with Crippen LogP contribution < -0.4 is 4.90 Å². The predicted molar refractivity (Wildman–Crippen MR) is 118 cm³/mol. The van der Waals surface area contributed by atoms with Crippen molar-refractivity contribution in [2.75, 3.05) is 31.1 Å². The zero-order valence-corrected chi connectivity index (χ0v) is 17.4. The summed E-state index contributed by atoms with van der Waals surface area (Å²) in [5, 5.41) is 0. The van der Waals surface area contributed by atoms with Crippen LogP contribution in [0.25, 0.3) is 11.1 Å². The molecular weight excluding hydrogens is 409 g/mol. The number of halogens is 1. The second kappa shape index (κ2) is 8.74. The molecule has 1 aliphatic rings. The van der Waals surface area contributed by atoms with Crippen LogP contribution in [0.2, 0.25) is 0 Å². The number of hydrogen-bond donors (Lipinski definition) is 0. The molecule has 1 fully saturated rings. The van der Waals surface area contributed by atoms with Crippen LogP contribution in [-0.2, 0) is 6.42 Å². The van der Waals surface area contributed by atoms with E-state index in [-0.39, 0.29) is 18.1 Å². The molecule has 0 unspecified atom stereocenters. The summed E-state index contributed by atoms with van der Waals surface area (Å²) in [5.74, 6) is 0.770. The zero-order valence-electron chi connectivity index (χ0n) is 17.4. The van der Waals surface area contributed by atoms with Gasteiger partial charge in [-0.05, 0) is 42.3 Å². The Bertz CT molecular complexity index is 1240. The van der Waals surface area contributed by atoms with Crippen molar-refractivity contribution in [3.8, 4) is 0 Å². The van der Waals surface area contributed by atoms with Crippen LogP contribution in [-0.4, -0.2) is 51.9 Å². The van der Waals surface area contributed by atoms with Crippen LogP contribution in [0.1, 0.15) is 28.2 Å². The van der Waals surface area contributed by atoms with Gasteiger partial charge in [-0.25, -0.2) is 19.3 Å². The highest BCUT2D eigenvalue weighted by Gasteiger charge is 2.22. The zero-order chi connectivity index (χ0) is 21.9. The third-order valence-electron chi connectivity index (χ3n) is 5.60. The minimum Gasteiger partial charge on any atom is -0.440 e. The van der Waals surface area contributed by atoms with E-state index in [4.69, 9.17) is 4.42 Å². The van der Waals surface area contributed by atoms with Gasteiger partial charge in [0.05, 0.1) is 6.42 Å². The van der Waals surface area contributed by atoms with Crippen molar-refractivity contribution in [1.82, 2.24) is 19.9 Å². The van der Waals surface area contributed by atoms with Crippen LogP contribution in [0.15, 0.2) is 65.3 Å². The van der Waals surface area contributed by atoms with Crippen molar-refractivity contribution < 1.29 is 13.6 Å². The van der Waals surface area contributed by atoms with Gasteiger partial charge in [-0.15, -0.1) is 0 Å². The lowest BCUT2D eigenvalue weighted by Gasteiger charge is -2.22. The highest BCUT2D eigenvalue weighted by molar-refractivity contribution is 5.97. The standard InChI is InChI=1S/C24H22FN5O2/c25-19-6-2-1-5-17(19)16-22-28-20-8-7-18(15-21(20)32-22)23(31)29-11-4-12-30(14-13-29)24-26-9-3-10-27-24/h1-3,5-10,15H,4,11-14,16H2. The molecular formula is C24H22FN5O2. The van der Waals surface area contributed by atoms with Crippen LogP contribution in [0, 0.1) is 5.82 Å². The van der Waals surface area contributed by atoms with Crippen molar-refractivity contribution in [2.45, 2.75) is 12.8 Å². The average molecular weight is 431 g/mol. The number of benzene rings is 2.